The van der Waals surface area contributed by atoms with Crippen LogP contribution in [0.2, 0.25) is 5.02 Å². The smallest absolute Gasteiger partial charge is 0.223 e. The zero-order valence-corrected chi connectivity index (χ0v) is 14.2. The van der Waals surface area contributed by atoms with Gasteiger partial charge in [0.05, 0.1) is 16.7 Å². The maximum atomic E-state index is 6.37. The molecule has 2 N–H and O–H groups in total. The molecule has 1 saturated heterocycles. The van der Waals surface area contributed by atoms with Gasteiger partial charge >= 0.3 is 0 Å². The molecule has 0 radical (unpaired) electrons. The zero-order chi connectivity index (χ0) is 16.5. The SMILES string of the molecule is Cn1nc(-c2nc(NC3CCNCC3)ncc2Cl)c2ccccc21. The predicted molar refractivity (Wildman–Crippen MR) is 96.3 cm³/mol. The van der Waals surface area contributed by atoms with Gasteiger partial charge in [-0.05, 0) is 32.0 Å². The number of para-hydroxylation sites is 1. The molecule has 0 atom stereocenters. The molecule has 24 heavy (non-hydrogen) atoms. The molecule has 1 aliphatic heterocycles. The fourth-order valence-corrected chi connectivity index (χ4v) is 3.32. The summed E-state index contributed by atoms with van der Waals surface area (Å²) in [6.07, 6.45) is 3.78. The Morgan fingerprint density at radius 3 is 2.83 bits per heavy atom. The molecule has 0 amide bonds. The number of anilines is 1. The Kier molecular flexibility index (Phi) is 4.08. The van der Waals surface area contributed by atoms with E-state index in [4.69, 9.17) is 11.6 Å². The molecule has 1 fully saturated rings. The van der Waals surface area contributed by atoms with Crippen molar-refractivity contribution in [2.75, 3.05) is 18.4 Å². The second-order valence-electron chi connectivity index (χ2n) is 6.05. The summed E-state index contributed by atoms with van der Waals surface area (Å²) >= 11 is 6.37. The summed E-state index contributed by atoms with van der Waals surface area (Å²) in [7, 11) is 1.93. The van der Waals surface area contributed by atoms with Gasteiger partial charge in [0, 0.05) is 18.5 Å². The monoisotopic (exact) mass is 342 g/mol. The number of nitrogens with zero attached hydrogens (tertiary/aromatic N) is 4. The van der Waals surface area contributed by atoms with Crippen LogP contribution >= 0.6 is 11.6 Å². The van der Waals surface area contributed by atoms with Gasteiger partial charge in [0.1, 0.15) is 11.4 Å². The van der Waals surface area contributed by atoms with Crippen molar-refractivity contribution >= 4 is 28.5 Å². The van der Waals surface area contributed by atoms with Crippen LogP contribution in [-0.2, 0) is 7.05 Å². The molecule has 0 bridgehead atoms. The maximum Gasteiger partial charge on any atom is 0.223 e. The molecule has 4 rings (SSSR count). The highest BCUT2D eigenvalue weighted by atomic mass is 35.5. The number of halogens is 1. The van der Waals surface area contributed by atoms with E-state index in [9.17, 15) is 0 Å². The Hall–Kier alpha value is -2.18. The van der Waals surface area contributed by atoms with Crippen molar-refractivity contribution < 1.29 is 0 Å². The van der Waals surface area contributed by atoms with Gasteiger partial charge in [-0.1, -0.05) is 29.8 Å². The molecule has 7 heteroatoms. The van der Waals surface area contributed by atoms with Crippen LogP contribution < -0.4 is 10.6 Å². The van der Waals surface area contributed by atoms with E-state index in [0.717, 1.165) is 42.5 Å². The second kappa shape index (κ2) is 6.37. The lowest BCUT2D eigenvalue weighted by Gasteiger charge is -2.23. The normalized spacial score (nSPS) is 15.8. The van der Waals surface area contributed by atoms with Gasteiger partial charge in [0.15, 0.2) is 0 Å². The van der Waals surface area contributed by atoms with Gasteiger partial charge < -0.3 is 10.6 Å². The topological polar surface area (TPSA) is 67.7 Å². The van der Waals surface area contributed by atoms with Gasteiger partial charge in [0.25, 0.3) is 0 Å². The summed E-state index contributed by atoms with van der Waals surface area (Å²) in [5, 5.41) is 12.9. The third kappa shape index (κ3) is 2.83. The second-order valence-corrected chi connectivity index (χ2v) is 6.46. The van der Waals surface area contributed by atoms with Crippen molar-refractivity contribution in [3.05, 3.63) is 35.5 Å². The van der Waals surface area contributed by atoms with E-state index in [1.165, 1.54) is 0 Å². The van der Waals surface area contributed by atoms with Crippen LogP contribution in [0.25, 0.3) is 22.3 Å². The van der Waals surface area contributed by atoms with Crippen LogP contribution in [0.15, 0.2) is 30.5 Å². The van der Waals surface area contributed by atoms with Crippen molar-refractivity contribution in [2.24, 2.45) is 7.05 Å². The molecular weight excluding hydrogens is 324 g/mol. The highest BCUT2D eigenvalue weighted by Crippen LogP contribution is 2.31. The van der Waals surface area contributed by atoms with E-state index in [-0.39, 0.29) is 0 Å². The molecule has 1 aromatic carbocycles. The van der Waals surface area contributed by atoms with E-state index >= 15 is 0 Å². The zero-order valence-electron chi connectivity index (χ0n) is 13.5. The molecule has 2 aromatic heterocycles. The van der Waals surface area contributed by atoms with E-state index < -0.39 is 0 Å². The Morgan fingerprint density at radius 1 is 1.21 bits per heavy atom. The van der Waals surface area contributed by atoms with E-state index in [2.05, 4.69) is 25.7 Å². The maximum absolute atomic E-state index is 6.37. The lowest BCUT2D eigenvalue weighted by molar-refractivity contribution is 0.477. The first-order valence-corrected chi connectivity index (χ1v) is 8.52. The lowest BCUT2D eigenvalue weighted by atomic mass is 10.1. The van der Waals surface area contributed by atoms with Crippen LogP contribution in [0.5, 0.6) is 0 Å². The molecule has 0 unspecified atom stereocenters. The number of rotatable bonds is 3. The summed E-state index contributed by atoms with van der Waals surface area (Å²) in [5.41, 5.74) is 2.50. The molecule has 0 saturated carbocycles. The summed E-state index contributed by atoms with van der Waals surface area (Å²) < 4.78 is 1.85. The minimum atomic E-state index is 0.390. The van der Waals surface area contributed by atoms with Crippen molar-refractivity contribution in [3.63, 3.8) is 0 Å². The van der Waals surface area contributed by atoms with Crippen molar-refractivity contribution in [1.82, 2.24) is 25.1 Å². The van der Waals surface area contributed by atoms with Crippen LogP contribution in [-0.4, -0.2) is 38.9 Å². The largest absolute Gasteiger partial charge is 0.351 e. The van der Waals surface area contributed by atoms with Gasteiger partial charge in [0.2, 0.25) is 5.95 Å². The van der Waals surface area contributed by atoms with Crippen LogP contribution in [0.3, 0.4) is 0 Å². The summed E-state index contributed by atoms with van der Waals surface area (Å²) in [6.45, 7) is 2.03. The van der Waals surface area contributed by atoms with Crippen LogP contribution in [0, 0.1) is 0 Å². The van der Waals surface area contributed by atoms with Gasteiger partial charge in [-0.2, -0.15) is 5.10 Å². The number of aromatic nitrogens is 4. The third-order valence-corrected chi connectivity index (χ3v) is 4.68. The molecular formula is C17H19ClN6. The molecule has 3 aromatic rings. The van der Waals surface area contributed by atoms with E-state index in [1.54, 1.807) is 6.20 Å². The summed E-state index contributed by atoms with van der Waals surface area (Å²) in [5.74, 6) is 0.607. The van der Waals surface area contributed by atoms with Gasteiger partial charge in [-0.15, -0.1) is 0 Å². The number of nitrogens with one attached hydrogen (secondary N) is 2. The standard InChI is InChI=1S/C17H19ClN6/c1-24-14-5-3-2-4-12(14)15(23-24)16-13(18)10-20-17(22-16)21-11-6-8-19-9-7-11/h2-5,10-11,19H,6-9H2,1H3,(H,20,21,22). The number of aryl methyl sites for hydroxylation is 1. The summed E-state index contributed by atoms with van der Waals surface area (Å²) in [6, 6.07) is 8.46. The van der Waals surface area contributed by atoms with Crippen LogP contribution in [0.1, 0.15) is 12.8 Å². The summed E-state index contributed by atoms with van der Waals surface area (Å²) in [4.78, 5) is 8.99. The lowest BCUT2D eigenvalue weighted by Crippen LogP contribution is -2.35. The predicted octanol–water partition coefficient (Wildman–Crippen LogP) is 2.85. The Morgan fingerprint density at radius 2 is 2.00 bits per heavy atom. The average molecular weight is 343 g/mol. The van der Waals surface area contributed by atoms with Gasteiger partial charge in [-0.3, -0.25) is 4.68 Å². The van der Waals surface area contributed by atoms with Crippen molar-refractivity contribution in [1.29, 1.82) is 0 Å². The third-order valence-electron chi connectivity index (χ3n) is 4.40. The minimum absolute atomic E-state index is 0.390. The van der Waals surface area contributed by atoms with Crippen molar-refractivity contribution in [2.45, 2.75) is 18.9 Å². The fraction of sp³-hybridized carbons (Fsp3) is 0.353. The van der Waals surface area contributed by atoms with Crippen molar-refractivity contribution in [3.8, 4) is 11.4 Å². The minimum Gasteiger partial charge on any atom is -0.351 e. The number of hydrogen-bond donors (Lipinski definition) is 2. The quantitative estimate of drug-likeness (QED) is 0.766. The first-order chi connectivity index (χ1) is 11.7. The Labute approximate surface area is 145 Å². The number of fused-ring (bicyclic) bond motifs is 1. The van der Waals surface area contributed by atoms with E-state index in [1.807, 2.05) is 36.0 Å². The molecule has 3 heterocycles. The first-order valence-electron chi connectivity index (χ1n) is 8.14. The average Bonchev–Trinajstić information content (AvgIpc) is 2.95. The van der Waals surface area contributed by atoms with Crippen LogP contribution in [0.4, 0.5) is 5.95 Å². The molecule has 0 spiro atoms. The molecule has 6 nitrogen and oxygen atoms in total. The molecule has 0 aliphatic carbocycles. The molecule has 124 valence electrons. The first kappa shape index (κ1) is 15.4. The highest BCUT2D eigenvalue weighted by molar-refractivity contribution is 6.33. The number of hydrogen-bond acceptors (Lipinski definition) is 5. The van der Waals surface area contributed by atoms with E-state index in [0.29, 0.717) is 22.7 Å². The fourth-order valence-electron chi connectivity index (χ4n) is 3.14. The van der Waals surface area contributed by atoms with Gasteiger partial charge in [-0.25, -0.2) is 9.97 Å². The highest BCUT2D eigenvalue weighted by Gasteiger charge is 2.18. The number of benzene rings is 1. The Balaban J connectivity index is 1.72. The number of piperidine rings is 1. The Bertz CT molecular complexity index is 869. The molecule has 1 aliphatic rings.